The minimum absolute atomic E-state index is 0.0643. The number of rotatable bonds is 5. The van der Waals surface area contributed by atoms with Crippen molar-refractivity contribution in [1.29, 1.82) is 0 Å². The number of nitrogens with one attached hydrogen (secondary N) is 1. The van der Waals surface area contributed by atoms with E-state index in [0.29, 0.717) is 6.42 Å². The van der Waals surface area contributed by atoms with Gasteiger partial charge in [-0.05, 0) is 30.7 Å². The van der Waals surface area contributed by atoms with Crippen molar-refractivity contribution < 1.29 is 4.79 Å². The zero-order chi connectivity index (χ0) is 16.8. The van der Waals surface area contributed by atoms with Gasteiger partial charge in [0.05, 0.1) is 0 Å². The van der Waals surface area contributed by atoms with Gasteiger partial charge in [0, 0.05) is 57.2 Å². The van der Waals surface area contributed by atoms with Crippen molar-refractivity contribution in [3.05, 3.63) is 48.3 Å². The third kappa shape index (κ3) is 4.52. The molecule has 1 aliphatic rings. The maximum Gasteiger partial charge on any atom is 0.225 e. The van der Waals surface area contributed by atoms with Crippen LogP contribution < -0.4 is 10.2 Å². The Kier molecular flexibility index (Phi) is 5.38. The van der Waals surface area contributed by atoms with Gasteiger partial charge in [0.25, 0.3) is 0 Å². The molecule has 0 radical (unpaired) electrons. The van der Waals surface area contributed by atoms with Crippen LogP contribution in [0.4, 0.5) is 11.6 Å². The fourth-order valence-electron chi connectivity index (χ4n) is 2.83. The first-order valence-corrected chi connectivity index (χ1v) is 8.31. The van der Waals surface area contributed by atoms with E-state index < -0.39 is 0 Å². The maximum absolute atomic E-state index is 12.1. The van der Waals surface area contributed by atoms with E-state index in [9.17, 15) is 4.79 Å². The summed E-state index contributed by atoms with van der Waals surface area (Å²) in [5.74, 6) is 0.851. The molecule has 6 heteroatoms. The number of aryl methyl sites for hydroxylation is 1. The molecule has 1 aliphatic heterocycles. The first-order chi connectivity index (χ1) is 11.7. The molecule has 3 rings (SSSR count). The van der Waals surface area contributed by atoms with Crippen molar-refractivity contribution >= 4 is 17.5 Å². The van der Waals surface area contributed by atoms with Gasteiger partial charge in [0.15, 0.2) is 0 Å². The standard InChI is InChI=1S/C18H23N5O/c1-15-4-2-5-16(14-15)21-17(24)6-9-22-10-12-23(13-11-22)18-19-7-3-8-20-18/h2-5,7-8,14H,6,9-13H2,1H3,(H,21,24). The molecule has 0 bridgehead atoms. The smallest absolute Gasteiger partial charge is 0.225 e. The average molecular weight is 325 g/mol. The van der Waals surface area contributed by atoms with Crippen LogP contribution in [0.1, 0.15) is 12.0 Å². The summed E-state index contributed by atoms with van der Waals surface area (Å²) in [4.78, 5) is 25.2. The number of carbonyl (C=O) groups is 1. The Balaban J connectivity index is 1.41. The van der Waals surface area contributed by atoms with Crippen LogP contribution in [0.5, 0.6) is 0 Å². The topological polar surface area (TPSA) is 61.4 Å². The highest BCUT2D eigenvalue weighted by Gasteiger charge is 2.19. The molecule has 126 valence electrons. The van der Waals surface area contributed by atoms with Crippen LogP contribution in [0.3, 0.4) is 0 Å². The minimum atomic E-state index is 0.0643. The number of amides is 1. The second-order valence-electron chi connectivity index (χ2n) is 6.05. The Morgan fingerprint density at radius 2 is 1.88 bits per heavy atom. The predicted octanol–water partition coefficient (Wildman–Crippen LogP) is 1.94. The van der Waals surface area contributed by atoms with Crippen molar-refractivity contribution in [2.45, 2.75) is 13.3 Å². The molecule has 0 spiro atoms. The zero-order valence-corrected chi connectivity index (χ0v) is 14.0. The monoisotopic (exact) mass is 325 g/mol. The summed E-state index contributed by atoms with van der Waals surface area (Å²) in [7, 11) is 0. The summed E-state index contributed by atoms with van der Waals surface area (Å²) in [6.45, 7) is 6.44. The summed E-state index contributed by atoms with van der Waals surface area (Å²) in [6.07, 6.45) is 4.05. The largest absolute Gasteiger partial charge is 0.338 e. The number of hydrogen-bond donors (Lipinski definition) is 1. The van der Waals surface area contributed by atoms with E-state index in [4.69, 9.17) is 0 Å². The molecule has 0 unspecified atom stereocenters. The normalized spacial score (nSPS) is 15.3. The first-order valence-electron chi connectivity index (χ1n) is 8.31. The number of anilines is 2. The van der Waals surface area contributed by atoms with E-state index in [1.54, 1.807) is 12.4 Å². The molecule has 1 fully saturated rings. The Morgan fingerprint density at radius 3 is 2.58 bits per heavy atom. The van der Waals surface area contributed by atoms with E-state index in [1.165, 1.54) is 0 Å². The highest BCUT2D eigenvalue weighted by atomic mass is 16.1. The Labute approximate surface area is 142 Å². The molecule has 2 heterocycles. The van der Waals surface area contributed by atoms with Gasteiger partial charge in [-0.1, -0.05) is 12.1 Å². The van der Waals surface area contributed by atoms with Crippen LogP contribution in [-0.2, 0) is 4.79 Å². The van der Waals surface area contributed by atoms with Crippen molar-refractivity contribution in [2.24, 2.45) is 0 Å². The van der Waals surface area contributed by atoms with Gasteiger partial charge in [0.1, 0.15) is 0 Å². The summed E-state index contributed by atoms with van der Waals surface area (Å²) in [5, 5.41) is 2.96. The van der Waals surface area contributed by atoms with Gasteiger partial charge in [-0.15, -0.1) is 0 Å². The number of aromatic nitrogens is 2. The molecule has 2 aromatic rings. The van der Waals surface area contributed by atoms with Crippen molar-refractivity contribution in [1.82, 2.24) is 14.9 Å². The van der Waals surface area contributed by atoms with Gasteiger partial charge in [0.2, 0.25) is 11.9 Å². The summed E-state index contributed by atoms with van der Waals surface area (Å²) < 4.78 is 0. The lowest BCUT2D eigenvalue weighted by Gasteiger charge is -2.34. The molecule has 1 amide bonds. The van der Waals surface area contributed by atoms with Crippen LogP contribution in [-0.4, -0.2) is 53.5 Å². The molecular weight excluding hydrogens is 302 g/mol. The van der Waals surface area contributed by atoms with E-state index in [1.807, 2.05) is 37.3 Å². The second-order valence-corrected chi connectivity index (χ2v) is 6.05. The van der Waals surface area contributed by atoms with Gasteiger partial charge in [-0.25, -0.2) is 9.97 Å². The third-order valence-electron chi connectivity index (χ3n) is 4.16. The Hall–Kier alpha value is -2.47. The minimum Gasteiger partial charge on any atom is -0.338 e. The van der Waals surface area contributed by atoms with Gasteiger partial charge < -0.3 is 10.2 Å². The van der Waals surface area contributed by atoms with Crippen LogP contribution in [0.15, 0.2) is 42.7 Å². The zero-order valence-electron chi connectivity index (χ0n) is 14.0. The molecule has 0 saturated carbocycles. The molecule has 24 heavy (non-hydrogen) atoms. The van der Waals surface area contributed by atoms with Crippen LogP contribution in [0.2, 0.25) is 0 Å². The average Bonchev–Trinajstić information content (AvgIpc) is 2.61. The summed E-state index contributed by atoms with van der Waals surface area (Å²) in [5.41, 5.74) is 2.01. The highest BCUT2D eigenvalue weighted by Crippen LogP contribution is 2.11. The quantitative estimate of drug-likeness (QED) is 0.910. The molecular formula is C18H23N5O. The van der Waals surface area contributed by atoms with Crippen molar-refractivity contribution in [3.8, 4) is 0 Å². The van der Waals surface area contributed by atoms with Crippen molar-refractivity contribution in [3.63, 3.8) is 0 Å². The molecule has 0 atom stereocenters. The van der Waals surface area contributed by atoms with Crippen LogP contribution in [0, 0.1) is 6.92 Å². The SMILES string of the molecule is Cc1cccc(NC(=O)CCN2CCN(c3ncccn3)CC2)c1. The van der Waals surface area contributed by atoms with Gasteiger partial charge >= 0.3 is 0 Å². The lowest BCUT2D eigenvalue weighted by Crippen LogP contribution is -2.47. The number of piperazine rings is 1. The Morgan fingerprint density at radius 1 is 1.12 bits per heavy atom. The predicted molar refractivity (Wildman–Crippen MR) is 95.1 cm³/mol. The fourth-order valence-corrected chi connectivity index (χ4v) is 2.83. The summed E-state index contributed by atoms with van der Waals surface area (Å²) in [6, 6.07) is 9.70. The summed E-state index contributed by atoms with van der Waals surface area (Å²) >= 11 is 0. The Bertz CT molecular complexity index is 668. The number of benzene rings is 1. The molecule has 1 N–H and O–H groups in total. The lowest BCUT2D eigenvalue weighted by molar-refractivity contribution is -0.116. The van der Waals surface area contributed by atoms with Gasteiger partial charge in [-0.2, -0.15) is 0 Å². The molecule has 1 saturated heterocycles. The molecule has 1 aromatic heterocycles. The molecule has 6 nitrogen and oxygen atoms in total. The highest BCUT2D eigenvalue weighted by molar-refractivity contribution is 5.90. The third-order valence-corrected chi connectivity index (χ3v) is 4.16. The van der Waals surface area contributed by atoms with Crippen LogP contribution >= 0.6 is 0 Å². The number of hydrogen-bond acceptors (Lipinski definition) is 5. The molecule has 1 aromatic carbocycles. The molecule has 0 aliphatic carbocycles. The fraction of sp³-hybridized carbons (Fsp3) is 0.389. The van der Waals surface area contributed by atoms with Crippen LogP contribution in [0.25, 0.3) is 0 Å². The van der Waals surface area contributed by atoms with E-state index >= 15 is 0 Å². The van der Waals surface area contributed by atoms with E-state index in [0.717, 1.165) is 49.9 Å². The number of carbonyl (C=O) groups excluding carboxylic acids is 1. The second kappa shape index (κ2) is 7.88. The lowest BCUT2D eigenvalue weighted by atomic mass is 10.2. The van der Waals surface area contributed by atoms with E-state index in [2.05, 4.69) is 25.1 Å². The first kappa shape index (κ1) is 16.4. The van der Waals surface area contributed by atoms with Crippen molar-refractivity contribution in [2.75, 3.05) is 42.9 Å². The number of nitrogens with zero attached hydrogens (tertiary/aromatic N) is 4. The maximum atomic E-state index is 12.1. The van der Waals surface area contributed by atoms with E-state index in [-0.39, 0.29) is 5.91 Å². The van der Waals surface area contributed by atoms with Gasteiger partial charge in [-0.3, -0.25) is 9.69 Å².